The molecule has 162 valence electrons. The Morgan fingerprint density at radius 1 is 1.35 bits per heavy atom. The van der Waals surface area contributed by atoms with Crippen molar-refractivity contribution in [1.29, 1.82) is 0 Å². The molecule has 0 unspecified atom stereocenters. The number of carbonyl (C=O) groups is 2. The highest BCUT2D eigenvalue weighted by Gasteiger charge is 2.42. The second kappa shape index (κ2) is 9.01. The second-order valence-electron chi connectivity index (χ2n) is 9.10. The van der Waals surface area contributed by atoms with Gasteiger partial charge in [0.15, 0.2) is 5.81 Å². The Morgan fingerprint density at radius 2 is 2.16 bits per heavy atom. The number of rotatable bonds is 7. The second-order valence-corrected chi connectivity index (χ2v) is 9.10. The predicted molar refractivity (Wildman–Crippen MR) is 125 cm³/mol. The van der Waals surface area contributed by atoms with Gasteiger partial charge >= 0.3 is 0 Å². The fourth-order valence-corrected chi connectivity index (χ4v) is 5.40. The molecule has 2 aromatic rings. The highest BCUT2D eigenvalue weighted by atomic mass is 16.2. The minimum absolute atomic E-state index is 0.0596. The maximum absolute atomic E-state index is 13.0. The van der Waals surface area contributed by atoms with Crippen molar-refractivity contribution in [3.05, 3.63) is 48.2 Å². The lowest BCUT2D eigenvalue weighted by Crippen LogP contribution is -2.53. The number of carbonyl (C=O) groups excluding carboxylic acids is 2. The van der Waals surface area contributed by atoms with Crippen LogP contribution in [0.4, 0.5) is 4.79 Å². The molecular weight excluding hydrogens is 387 g/mol. The van der Waals surface area contributed by atoms with Crippen LogP contribution in [0.2, 0.25) is 0 Å². The zero-order chi connectivity index (χ0) is 22.1. The van der Waals surface area contributed by atoms with Crippen molar-refractivity contribution in [2.24, 2.45) is 5.92 Å². The van der Waals surface area contributed by atoms with E-state index < -0.39 is 5.81 Å². The Labute approximate surface area is 185 Å². The summed E-state index contributed by atoms with van der Waals surface area (Å²) in [5.74, 6) is -0.142. The van der Waals surface area contributed by atoms with Gasteiger partial charge in [0, 0.05) is 43.2 Å². The molecule has 0 bridgehead atoms. The van der Waals surface area contributed by atoms with Crippen molar-refractivity contribution < 1.29 is 9.59 Å². The number of hydrogen-bond acceptors (Lipinski definition) is 4. The zero-order valence-electron chi connectivity index (χ0n) is 18.5. The minimum Gasteiger partial charge on any atom is -0.356 e. The molecule has 7 heteroatoms. The first-order chi connectivity index (χ1) is 14.9. The molecule has 3 atom stereocenters. The van der Waals surface area contributed by atoms with Crippen LogP contribution in [-0.2, 0) is 11.2 Å². The predicted octanol–water partition coefficient (Wildman–Crippen LogP) is 2.36. The van der Waals surface area contributed by atoms with E-state index in [1.807, 2.05) is 38.5 Å². The number of hydrogen-bond donors (Lipinski definition) is 1. The first-order valence-corrected chi connectivity index (χ1v) is 11.1. The Kier molecular flexibility index (Phi) is 6.35. The summed E-state index contributed by atoms with van der Waals surface area (Å²) in [5.41, 5.74) is 3.25. The van der Waals surface area contributed by atoms with Gasteiger partial charge in [0.05, 0.1) is 11.4 Å². The smallest absolute Gasteiger partial charge is 0.224 e. The lowest BCUT2D eigenvalue weighted by molar-refractivity contribution is -0.127. The average Bonchev–Trinajstić information content (AvgIpc) is 3.12. The Bertz CT molecular complexity index is 999. The monoisotopic (exact) mass is 418 g/mol. The minimum atomic E-state index is -0.462. The van der Waals surface area contributed by atoms with E-state index in [0.717, 1.165) is 55.4 Å². The number of nitrogens with one attached hydrogen (secondary N) is 1. The fraction of sp³-hybridized carbons (Fsp3) is 0.500. The first kappa shape index (κ1) is 21.8. The molecule has 0 spiro atoms. The number of aromatic nitrogens is 1. The molecule has 2 heterocycles. The molecule has 1 aromatic carbocycles. The van der Waals surface area contributed by atoms with Gasteiger partial charge in [0.2, 0.25) is 13.8 Å². The highest BCUT2D eigenvalue weighted by Crippen LogP contribution is 2.45. The average molecular weight is 418 g/mol. The van der Waals surface area contributed by atoms with Crippen molar-refractivity contribution in [3.8, 4) is 0 Å². The number of nitrogens with zero attached hydrogens (tertiary/aromatic N) is 3. The van der Waals surface area contributed by atoms with Gasteiger partial charge in [0.1, 0.15) is 0 Å². The number of amides is 1. The van der Waals surface area contributed by atoms with Gasteiger partial charge in [-0.2, -0.15) is 0 Å². The number of likely N-dealkylation sites (tertiary alicyclic amines) is 1. The van der Waals surface area contributed by atoms with Crippen molar-refractivity contribution in [1.82, 2.24) is 19.7 Å². The highest BCUT2D eigenvalue weighted by molar-refractivity contribution is 6.58. The largest absolute Gasteiger partial charge is 0.356 e. The third-order valence-corrected chi connectivity index (χ3v) is 6.75. The summed E-state index contributed by atoms with van der Waals surface area (Å²) in [5, 5.41) is 4.28. The fourth-order valence-electron chi connectivity index (χ4n) is 5.40. The molecule has 31 heavy (non-hydrogen) atoms. The maximum Gasteiger partial charge on any atom is 0.224 e. The lowest BCUT2D eigenvalue weighted by Gasteiger charge is -2.46. The summed E-state index contributed by atoms with van der Waals surface area (Å²) in [6, 6.07) is 6.38. The molecule has 1 N–H and O–H groups in total. The third-order valence-electron chi connectivity index (χ3n) is 6.75. The molecule has 1 fully saturated rings. The van der Waals surface area contributed by atoms with Crippen molar-refractivity contribution in [2.75, 3.05) is 40.3 Å². The van der Waals surface area contributed by atoms with E-state index >= 15 is 0 Å². The number of fused-ring (bicyclic) bond motifs is 2. The van der Waals surface area contributed by atoms with Crippen LogP contribution in [0.15, 0.2) is 37.1 Å². The maximum atomic E-state index is 13.0. The lowest BCUT2D eigenvalue weighted by atomic mass is 9.72. The van der Waals surface area contributed by atoms with Gasteiger partial charge < -0.3 is 10.2 Å². The SMILES string of the molecule is [B]C(=O)n1cc2c3c(cccc31)[C@H]1C[C@@H](C(=O)NCCCN(C)C)CN(CC=C)[C@@H]1C2. The third kappa shape index (κ3) is 4.21. The molecule has 1 aliphatic heterocycles. The van der Waals surface area contributed by atoms with Crippen LogP contribution < -0.4 is 5.32 Å². The van der Waals surface area contributed by atoms with Crippen molar-refractivity contribution in [3.63, 3.8) is 0 Å². The van der Waals surface area contributed by atoms with Crippen LogP contribution in [0, 0.1) is 5.92 Å². The van der Waals surface area contributed by atoms with Crippen molar-refractivity contribution >= 4 is 30.5 Å². The molecular formula is C24H31BN4O2. The van der Waals surface area contributed by atoms with Gasteiger partial charge in [0.25, 0.3) is 0 Å². The molecule has 2 radical (unpaired) electrons. The molecule has 6 nitrogen and oxygen atoms in total. The topological polar surface area (TPSA) is 57.6 Å². The normalized spacial score (nSPS) is 23.0. The van der Waals surface area contributed by atoms with E-state index in [1.54, 1.807) is 4.57 Å². The van der Waals surface area contributed by atoms with Crippen LogP contribution in [-0.4, -0.2) is 80.2 Å². The standard InChI is InChI=1S/C24H31BN4O2/c1-4-10-28-14-17(23(30)26-9-6-11-27(2)3)12-19-18-7-5-8-20-22(18)16(13-21(19)28)15-29(20)24(25)31/h4-5,7-8,15,17,19,21H,1,6,9-14H2,2-3H3,(H,26,30)/t17-,19-,21-/m1/s1. The van der Waals surface area contributed by atoms with Gasteiger partial charge in [-0.1, -0.05) is 18.2 Å². The van der Waals surface area contributed by atoms with Crippen LogP contribution >= 0.6 is 0 Å². The molecule has 0 saturated carbocycles. The van der Waals surface area contributed by atoms with Crippen molar-refractivity contribution in [2.45, 2.75) is 31.2 Å². The van der Waals surface area contributed by atoms with Crippen LogP contribution in [0.25, 0.3) is 10.9 Å². The first-order valence-electron chi connectivity index (χ1n) is 11.1. The summed E-state index contributed by atoms with van der Waals surface area (Å²) >= 11 is 0. The molecule has 4 rings (SSSR count). The van der Waals surface area contributed by atoms with Crippen LogP contribution in [0.5, 0.6) is 0 Å². The Morgan fingerprint density at radius 3 is 2.87 bits per heavy atom. The van der Waals surface area contributed by atoms with Gasteiger partial charge in [-0.05, 0) is 57.1 Å². The molecule has 2 aliphatic rings. The number of benzene rings is 1. The summed E-state index contributed by atoms with van der Waals surface area (Å²) < 4.78 is 1.55. The summed E-state index contributed by atoms with van der Waals surface area (Å²) in [4.78, 5) is 29.5. The van der Waals surface area contributed by atoms with E-state index in [4.69, 9.17) is 7.85 Å². The Balaban J connectivity index is 1.61. The molecule has 1 aromatic heterocycles. The Hall–Kier alpha value is -2.38. The van der Waals surface area contributed by atoms with E-state index in [9.17, 15) is 9.59 Å². The van der Waals surface area contributed by atoms with E-state index in [1.165, 1.54) is 5.56 Å². The van der Waals surface area contributed by atoms with Crippen LogP contribution in [0.1, 0.15) is 29.9 Å². The van der Waals surface area contributed by atoms with Gasteiger partial charge in [-0.15, -0.1) is 6.58 Å². The molecule has 1 amide bonds. The van der Waals surface area contributed by atoms with Gasteiger partial charge in [-0.3, -0.25) is 19.1 Å². The van der Waals surface area contributed by atoms with Gasteiger partial charge in [-0.25, -0.2) is 0 Å². The summed E-state index contributed by atoms with van der Waals surface area (Å²) in [6.07, 6.45) is 6.42. The zero-order valence-corrected chi connectivity index (χ0v) is 18.5. The van der Waals surface area contributed by atoms with E-state index in [0.29, 0.717) is 6.54 Å². The molecule has 1 saturated heterocycles. The van der Waals surface area contributed by atoms with Crippen LogP contribution in [0.3, 0.4) is 0 Å². The van der Waals surface area contributed by atoms with E-state index in [2.05, 4.69) is 27.8 Å². The quantitative estimate of drug-likeness (QED) is 0.426. The van der Waals surface area contributed by atoms with E-state index in [-0.39, 0.29) is 23.8 Å². The summed E-state index contributed by atoms with van der Waals surface area (Å²) in [6.45, 7) is 7.07. The summed E-state index contributed by atoms with van der Waals surface area (Å²) in [7, 11) is 9.71. The molecule has 1 aliphatic carbocycles. The number of piperidine rings is 1.